The highest BCUT2D eigenvalue weighted by Gasteiger charge is 2.35. The van der Waals surface area contributed by atoms with E-state index in [1.807, 2.05) is 24.3 Å². The second kappa shape index (κ2) is 19.9. The Balaban J connectivity index is 0.000000563. The van der Waals surface area contributed by atoms with Gasteiger partial charge in [-0.3, -0.25) is 14.6 Å². The number of primary amides is 1. The fourth-order valence-corrected chi connectivity index (χ4v) is 6.54. The Morgan fingerprint density at radius 2 is 1.67 bits per heavy atom. The monoisotopic (exact) mass is 703 g/mol. The van der Waals surface area contributed by atoms with Crippen LogP contribution in [-0.4, -0.2) is 72.2 Å². The quantitative estimate of drug-likeness (QED) is 0.193. The number of pyridine rings is 1. The number of likely N-dealkylation sites (tertiary alicyclic amines) is 1. The van der Waals surface area contributed by atoms with Crippen molar-refractivity contribution in [2.75, 3.05) is 27.4 Å². The molecule has 12 nitrogen and oxygen atoms in total. The topological polar surface area (TPSA) is 168 Å². The molecule has 0 radical (unpaired) electrons. The number of carbonyl (C=O) groups excluding carboxylic acids is 3. The lowest BCUT2D eigenvalue weighted by atomic mass is 9.86. The first-order chi connectivity index (χ1) is 24.7. The number of nitrogens with two attached hydrogens (primary N) is 1. The van der Waals surface area contributed by atoms with Gasteiger partial charge in [-0.05, 0) is 98.4 Å². The van der Waals surface area contributed by atoms with Gasteiger partial charge in [-0.1, -0.05) is 43.5 Å². The van der Waals surface area contributed by atoms with E-state index in [4.69, 9.17) is 29.8 Å². The number of esters is 1. The molecule has 2 fully saturated rings. The number of methoxy groups -OCH3 is 2. The Hall–Kier alpha value is -5.13. The highest BCUT2D eigenvalue weighted by Crippen LogP contribution is 2.33. The molecule has 3 N–H and O–H groups in total. The van der Waals surface area contributed by atoms with Crippen molar-refractivity contribution < 1.29 is 43.2 Å². The van der Waals surface area contributed by atoms with Gasteiger partial charge in [-0.25, -0.2) is 9.59 Å². The Morgan fingerprint density at radius 3 is 2.33 bits per heavy atom. The van der Waals surface area contributed by atoms with Crippen LogP contribution in [0.5, 0.6) is 17.2 Å². The van der Waals surface area contributed by atoms with Crippen LogP contribution < -0.4 is 19.9 Å². The SMILES string of the molecule is COc1ccc(CCC(OC(=O)C2CCCCN2C(=O)CC2CCCCC2)c2cccc(OCC(=O)O)c2)cc1OC.NC(=O)c1ccccn1. The summed E-state index contributed by atoms with van der Waals surface area (Å²) in [6, 6.07) is 17.1. The predicted molar refractivity (Wildman–Crippen MR) is 190 cm³/mol. The first kappa shape index (κ1) is 38.7. The summed E-state index contributed by atoms with van der Waals surface area (Å²) in [5.74, 6) is 0.0967. The van der Waals surface area contributed by atoms with Crippen LogP contribution in [0.15, 0.2) is 66.9 Å². The molecule has 2 unspecified atom stereocenters. The Bertz CT molecular complexity index is 1590. The zero-order chi connectivity index (χ0) is 36.6. The lowest BCUT2D eigenvalue weighted by molar-refractivity contribution is -0.162. The minimum Gasteiger partial charge on any atom is -0.493 e. The molecule has 51 heavy (non-hydrogen) atoms. The summed E-state index contributed by atoms with van der Waals surface area (Å²) in [6.07, 6.45) is 10.5. The second-order valence-electron chi connectivity index (χ2n) is 12.8. The van der Waals surface area contributed by atoms with Gasteiger partial charge in [0, 0.05) is 19.2 Å². The van der Waals surface area contributed by atoms with Gasteiger partial charge in [-0.15, -0.1) is 0 Å². The Labute approximate surface area is 299 Å². The highest BCUT2D eigenvalue weighted by atomic mass is 16.5. The zero-order valence-electron chi connectivity index (χ0n) is 29.5. The van der Waals surface area contributed by atoms with E-state index in [1.54, 1.807) is 55.5 Å². The molecule has 1 aliphatic heterocycles. The maximum atomic E-state index is 13.7. The fraction of sp³-hybridized carbons (Fsp3) is 0.462. The number of ether oxygens (including phenoxy) is 4. The summed E-state index contributed by atoms with van der Waals surface area (Å²) in [4.78, 5) is 53.9. The number of aryl methyl sites for hydroxylation is 1. The van der Waals surface area contributed by atoms with Crippen LogP contribution >= 0.6 is 0 Å². The van der Waals surface area contributed by atoms with Gasteiger partial charge < -0.3 is 34.7 Å². The van der Waals surface area contributed by atoms with Crippen molar-refractivity contribution >= 4 is 23.8 Å². The van der Waals surface area contributed by atoms with Gasteiger partial charge in [0.2, 0.25) is 5.91 Å². The number of carboxylic acid groups (broad SMARTS) is 1. The average molecular weight is 704 g/mol. The molecule has 1 aliphatic carbocycles. The van der Waals surface area contributed by atoms with Crippen LogP contribution in [0, 0.1) is 5.92 Å². The number of benzene rings is 2. The third kappa shape index (κ3) is 12.0. The molecule has 2 aromatic carbocycles. The molecule has 3 aromatic rings. The van der Waals surface area contributed by atoms with E-state index in [0.717, 1.165) is 31.2 Å². The molecule has 1 saturated carbocycles. The minimum absolute atomic E-state index is 0.0505. The molecule has 0 spiro atoms. The van der Waals surface area contributed by atoms with Crippen LogP contribution in [0.2, 0.25) is 0 Å². The molecular formula is C39H49N3O9. The Kier molecular flexibility index (Phi) is 15.1. The summed E-state index contributed by atoms with van der Waals surface area (Å²) < 4.78 is 22.4. The molecule has 2 heterocycles. The smallest absolute Gasteiger partial charge is 0.341 e. The third-order valence-electron chi connectivity index (χ3n) is 9.19. The lowest BCUT2D eigenvalue weighted by Gasteiger charge is -2.36. The van der Waals surface area contributed by atoms with E-state index in [0.29, 0.717) is 66.7 Å². The van der Waals surface area contributed by atoms with Crippen molar-refractivity contribution in [1.82, 2.24) is 9.88 Å². The van der Waals surface area contributed by atoms with Crippen molar-refractivity contribution in [3.05, 3.63) is 83.7 Å². The van der Waals surface area contributed by atoms with Crippen LogP contribution in [0.25, 0.3) is 0 Å². The first-order valence-corrected chi connectivity index (χ1v) is 17.5. The van der Waals surface area contributed by atoms with Crippen LogP contribution in [0.4, 0.5) is 0 Å². The van der Waals surface area contributed by atoms with E-state index in [2.05, 4.69) is 4.98 Å². The normalized spacial score (nSPS) is 16.5. The van der Waals surface area contributed by atoms with Crippen molar-refractivity contribution in [2.24, 2.45) is 11.7 Å². The van der Waals surface area contributed by atoms with Gasteiger partial charge in [0.15, 0.2) is 18.1 Å². The van der Waals surface area contributed by atoms with Crippen molar-refractivity contribution in [2.45, 2.75) is 82.8 Å². The lowest BCUT2D eigenvalue weighted by Crippen LogP contribution is -2.49. The maximum Gasteiger partial charge on any atom is 0.341 e. The van der Waals surface area contributed by atoms with Crippen molar-refractivity contribution in [1.29, 1.82) is 0 Å². The molecule has 1 aromatic heterocycles. The van der Waals surface area contributed by atoms with E-state index in [9.17, 15) is 19.2 Å². The molecule has 2 aliphatic rings. The van der Waals surface area contributed by atoms with E-state index in [-0.39, 0.29) is 5.91 Å². The molecule has 2 atom stereocenters. The zero-order valence-corrected chi connectivity index (χ0v) is 29.5. The van der Waals surface area contributed by atoms with Crippen LogP contribution in [0.3, 0.4) is 0 Å². The van der Waals surface area contributed by atoms with Gasteiger partial charge >= 0.3 is 11.9 Å². The summed E-state index contributed by atoms with van der Waals surface area (Å²) in [5.41, 5.74) is 6.89. The van der Waals surface area contributed by atoms with E-state index < -0.39 is 36.6 Å². The number of amides is 2. The molecule has 1 saturated heterocycles. The number of carboxylic acids is 1. The average Bonchev–Trinajstić information content (AvgIpc) is 3.16. The number of hydrogen-bond acceptors (Lipinski definition) is 9. The van der Waals surface area contributed by atoms with Crippen LogP contribution in [-0.2, 0) is 25.5 Å². The number of piperidine rings is 1. The molecule has 2 amide bonds. The van der Waals surface area contributed by atoms with Gasteiger partial charge in [0.25, 0.3) is 5.91 Å². The molecular weight excluding hydrogens is 654 g/mol. The maximum absolute atomic E-state index is 13.7. The fourth-order valence-electron chi connectivity index (χ4n) is 6.54. The number of aromatic nitrogens is 1. The first-order valence-electron chi connectivity index (χ1n) is 17.5. The number of rotatable bonds is 14. The second-order valence-corrected chi connectivity index (χ2v) is 12.8. The summed E-state index contributed by atoms with van der Waals surface area (Å²) in [5, 5.41) is 9.03. The molecule has 5 rings (SSSR count). The van der Waals surface area contributed by atoms with Crippen molar-refractivity contribution in [3.63, 3.8) is 0 Å². The number of carbonyl (C=O) groups is 4. The summed E-state index contributed by atoms with van der Waals surface area (Å²) >= 11 is 0. The van der Waals surface area contributed by atoms with E-state index >= 15 is 0 Å². The highest BCUT2D eigenvalue weighted by molar-refractivity contribution is 5.90. The largest absolute Gasteiger partial charge is 0.493 e. The Morgan fingerprint density at radius 1 is 0.902 bits per heavy atom. The number of nitrogens with zero attached hydrogens (tertiary/aromatic N) is 2. The van der Waals surface area contributed by atoms with Crippen LogP contribution in [0.1, 0.15) is 91.9 Å². The number of aliphatic carboxylic acids is 1. The minimum atomic E-state index is -1.08. The summed E-state index contributed by atoms with van der Waals surface area (Å²) in [7, 11) is 3.17. The number of hydrogen-bond donors (Lipinski definition) is 2. The molecule has 12 heteroatoms. The van der Waals surface area contributed by atoms with E-state index in [1.165, 1.54) is 25.5 Å². The summed E-state index contributed by atoms with van der Waals surface area (Å²) in [6.45, 7) is 0.0971. The van der Waals surface area contributed by atoms with Gasteiger partial charge in [0.1, 0.15) is 23.6 Å². The van der Waals surface area contributed by atoms with Gasteiger partial charge in [0.05, 0.1) is 14.2 Å². The standard InChI is InChI=1S/C33H43NO8.C6H6N2O/c1-39-29-17-15-24(19-30(29)40-2)14-16-28(25-11-8-12-26(21-25)41-22-32(36)37)42-33(38)27-13-6-7-18-34(27)31(35)20-23-9-4-3-5-10-23;7-6(9)5-3-1-2-4-8-5/h8,11-12,15,17,19,21,23,27-28H,3-7,9-10,13-14,16,18,20,22H2,1-2H3,(H,36,37);1-4H,(H2,7,9). The third-order valence-corrected chi connectivity index (χ3v) is 9.19. The molecule has 0 bridgehead atoms. The molecule has 274 valence electrons. The predicted octanol–water partition coefficient (Wildman–Crippen LogP) is 5.92. The van der Waals surface area contributed by atoms with Crippen molar-refractivity contribution in [3.8, 4) is 17.2 Å². The van der Waals surface area contributed by atoms with Gasteiger partial charge in [-0.2, -0.15) is 0 Å².